The Morgan fingerprint density at radius 3 is 2.41 bits per heavy atom. The number of H-pyrrole nitrogens is 1. The number of nitrogen functional groups attached to an aromatic ring is 1. The molecule has 0 aliphatic carbocycles. The van der Waals surface area contributed by atoms with Gasteiger partial charge in [-0.2, -0.15) is 5.10 Å². The lowest BCUT2D eigenvalue weighted by atomic mass is 9.99. The van der Waals surface area contributed by atoms with Crippen molar-refractivity contribution < 1.29 is 23.7 Å². The van der Waals surface area contributed by atoms with E-state index >= 15 is 0 Å². The lowest BCUT2D eigenvalue weighted by molar-refractivity contribution is 0.168. The molecule has 0 unspecified atom stereocenters. The smallest absolute Gasteiger partial charge is 0.231 e. The number of aromatic nitrogens is 2. The zero-order chi connectivity index (χ0) is 19.0. The maximum Gasteiger partial charge on any atom is 0.231 e. The summed E-state index contributed by atoms with van der Waals surface area (Å²) < 4.78 is 27.4. The van der Waals surface area contributed by atoms with Gasteiger partial charge in [-0.1, -0.05) is 12.1 Å². The predicted octanol–water partition coefficient (Wildman–Crippen LogP) is 3.08. The molecule has 0 spiro atoms. The van der Waals surface area contributed by atoms with Crippen LogP contribution in [0.5, 0.6) is 28.7 Å². The van der Waals surface area contributed by atoms with E-state index in [-0.39, 0.29) is 6.79 Å². The quantitative estimate of drug-likeness (QED) is 0.713. The third-order valence-electron chi connectivity index (χ3n) is 4.43. The predicted molar refractivity (Wildman–Crippen MR) is 99.7 cm³/mol. The molecule has 8 heteroatoms. The van der Waals surface area contributed by atoms with Crippen LogP contribution >= 0.6 is 0 Å². The highest BCUT2D eigenvalue weighted by molar-refractivity contribution is 5.92. The second-order valence-corrected chi connectivity index (χ2v) is 5.81. The normalized spacial score (nSPS) is 12.1. The fourth-order valence-electron chi connectivity index (χ4n) is 3.16. The zero-order valence-electron chi connectivity index (χ0n) is 15.2. The number of anilines is 1. The second kappa shape index (κ2) is 6.64. The average Bonchev–Trinajstić information content (AvgIpc) is 3.33. The van der Waals surface area contributed by atoms with Crippen molar-refractivity contribution >= 4 is 5.82 Å². The van der Waals surface area contributed by atoms with E-state index in [4.69, 9.17) is 29.4 Å². The van der Waals surface area contributed by atoms with Crippen molar-refractivity contribution in [1.29, 1.82) is 0 Å². The first-order valence-electron chi connectivity index (χ1n) is 8.21. The standard InChI is InChI=1S/C19H19N3O5/c1-23-11-6-4-10(5-7-11)14-15(21-22-19(14)20)12-8-13(24-2)17-18(16(12)25-3)27-9-26-17/h4-8H,9H2,1-3H3,(H3,20,21,22). The number of ether oxygens (including phenoxy) is 5. The van der Waals surface area contributed by atoms with E-state index in [0.717, 1.165) is 16.9 Å². The Kier molecular flexibility index (Phi) is 4.15. The fraction of sp³-hybridized carbons (Fsp3) is 0.211. The van der Waals surface area contributed by atoms with Crippen molar-refractivity contribution in [3.63, 3.8) is 0 Å². The van der Waals surface area contributed by atoms with Crippen molar-refractivity contribution in [2.45, 2.75) is 0 Å². The Labute approximate surface area is 155 Å². The van der Waals surface area contributed by atoms with E-state index < -0.39 is 0 Å². The number of nitrogens with zero attached hydrogens (tertiary/aromatic N) is 1. The van der Waals surface area contributed by atoms with Crippen LogP contribution in [0.1, 0.15) is 0 Å². The van der Waals surface area contributed by atoms with Gasteiger partial charge in [0.2, 0.25) is 18.3 Å². The highest BCUT2D eigenvalue weighted by atomic mass is 16.7. The first-order chi connectivity index (χ1) is 13.2. The number of hydrogen-bond acceptors (Lipinski definition) is 7. The van der Waals surface area contributed by atoms with Gasteiger partial charge in [-0.25, -0.2) is 0 Å². The number of nitrogens with two attached hydrogens (primary N) is 1. The molecule has 1 aromatic heterocycles. The summed E-state index contributed by atoms with van der Waals surface area (Å²) in [5, 5.41) is 7.19. The molecule has 140 valence electrons. The van der Waals surface area contributed by atoms with Gasteiger partial charge < -0.3 is 29.4 Å². The van der Waals surface area contributed by atoms with E-state index in [9.17, 15) is 0 Å². The van der Waals surface area contributed by atoms with Gasteiger partial charge in [0, 0.05) is 0 Å². The molecule has 0 bridgehead atoms. The molecule has 0 fully saturated rings. The Balaban J connectivity index is 1.92. The van der Waals surface area contributed by atoms with Crippen molar-refractivity contribution in [3.8, 4) is 51.1 Å². The molecular weight excluding hydrogens is 350 g/mol. The van der Waals surface area contributed by atoms with Gasteiger partial charge in [0.05, 0.1) is 38.2 Å². The summed E-state index contributed by atoms with van der Waals surface area (Å²) in [4.78, 5) is 0. The number of benzene rings is 2. The monoisotopic (exact) mass is 369 g/mol. The zero-order valence-corrected chi connectivity index (χ0v) is 15.2. The molecule has 3 aromatic rings. The molecule has 0 saturated heterocycles. The van der Waals surface area contributed by atoms with Gasteiger partial charge in [-0.3, -0.25) is 5.10 Å². The molecule has 27 heavy (non-hydrogen) atoms. The fourth-order valence-corrected chi connectivity index (χ4v) is 3.16. The van der Waals surface area contributed by atoms with Crippen LogP contribution in [0.25, 0.3) is 22.4 Å². The number of aromatic amines is 1. The van der Waals surface area contributed by atoms with Crippen LogP contribution in [0, 0.1) is 0 Å². The van der Waals surface area contributed by atoms with Gasteiger partial charge in [0.1, 0.15) is 5.75 Å². The van der Waals surface area contributed by atoms with Crippen LogP contribution < -0.4 is 29.4 Å². The minimum absolute atomic E-state index is 0.0992. The molecule has 2 heterocycles. The summed E-state index contributed by atoms with van der Waals surface area (Å²) >= 11 is 0. The average molecular weight is 369 g/mol. The lowest BCUT2D eigenvalue weighted by Gasteiger charge is -2.14. The number of hydrogen-bond donors (Lipinski definition) is 2. The van der Waals surface area contributed by atoms with Crippen molar-refractivity contribution in [2.24, 2.45) is 0 Å². The van der Waals surface area contributed by atoms with E-state index in [1.54, 1.807) is 21.3 Å². The van der Waals surface area contributed by atoms with Crippen molar-refractivity contribution in [1.82, 2.24) is 10.2 Å². The molecular formula is C19H19N3O5. The minimum atomic E-state index is 0.0992. The molecule has 8 nitrogen and oxygen atoms in total. The largest absolute Gasteiger partial charge is 0.497 e. The molecule has 0 amide bonds. The third kappa shape index (κ3) is 2.66. The van der Waals surface area contributed by atoms with Crippen molar-refractivity contribution in [3.05, 3.63) is 30.3 Å². The Hall–Kier alpha value is -3.55. The summed E-state index contributed by atoms with van der Waals surface area (Å²) in [5.41, 5.74) is 9.18. The SMILES string of the molecule is COc1ccc(-c2c(N)n[nH]c2-c2cc(OC)c3c(c2OC)OCO3)cc1. The van der Waals surface area contributed by atoms with E-state index in [2.05, 4.69) is 10.2 Å². The first-order valence-corrected chi connectivity index (χ1v) is 8.21. The van der Waals surface area contributed by atoms with E-state index in [1.165, 1.54) is 0 Å². The van der Waals surface area contributed by atoms with Crippen LogP contribution in [-0.2, 0) is 0 Å². The maximum absolute atomic E-state index is 6.15. The maximum atomic E-state index is 6.15. The minimum Gasteiger partial charge on any atom is -0.497 e. The molecule has 0 atom stereocenters. The first kappa shape index (κ1) is 16.9. The van der Waals surface area contributed by atoms with Crippen LogP contribution in [0.15, 0.2) is 30.3 Å². The van der Waals surface area contributed by atoms with Crippen LogP contribution in [0.4, 0.5) is 5.82 Å². The molecule has 0 saturated carbocycles. The summed E-state index contributed by atoms with van der Waals surface area (Å²) in [6.07, 6.45) is 0. The number of methoxy groups -OCH3 is 3. The number of rotatable bonds is 5. The molecule has 4 rings (SSSR count). The highest BCUT2D eigenvalue weighted by Gasteiger charge is 2.29. The van der Waals surface area contributed by atoms with Gasteiger partial charge in [0.15, 0.2) is 17.3 Å². The molecule has 1 aliphatic rings. The van der Waals surface area contributed by atoms with Gasteiger partial charge >= 0.3 is 0 Å². The van der Waals surface area contributed by atoms with Gasteiger partial charge in [-0.15, -0.1) is 0 Å². The van der Waals surface area contributed by atoms with E-state index in [0.29, 0.717) is 40.1 Å². The van der Waals surface area contributed by atoms with Gasteiger partial charge in [0.25, 0.3) is 0 Å². The molecule has 1 aliphatic heterocycles. The third-order valence-corrected chi connectivity index (χ3v) is 4.43. The van der Waals surface area contributed by atoms with Crippen LogP contribution in [0.3, 0.4) is 0 Å². The van der Waals surface area contributed by atoms with Crippen molar-refractivity contribution in [2.75, 3.05) is 33.9 Å². The topological polar surface area (TPSA) is 101 Å². The van der Waals surface area contributed by atoms with Gasteiger partial charge in [-0.05, 0) is 23.8 Å². The lowest BCUT2D eigenvalue weighted by Crippen LogP contribution is -1.95. The summed E-state index contributed by atoms with van der Waals surface area (Å²) in [6, 6.07) is 9.37. The van der Waals surface area contributed by atoms with Crippen LogP contribution in [-0.4, -0.2) is 38.3 Å². The molecule has 0 radical (unpaired) electrons. The Morgan fingerprint density at radius 2 is 1.74 bits per heavy atom. The van der Waals surface area contributed by atoms with E-state index in [1.807, 2.05) is 30.3 Å². The molecule has 2 aromatic carbocycles. The number of nitrogens with one attached hydrogen (secondary N) is 1. The highest BCUT2D eigenvalue weighted by Crippen LogP contribution is 2.53. The Bertz CT molecular complexity index is 982. The second-order valence-electron chi connectivity index (χ2n) is 5.81. The number of fused-ring (bicyclic) bond motifs is 1. The summed E-state index contributed by atoms with van der Waals surface area (Å²) in [7, 11) is 4.76. The Morgan fingerprint density at radius 1 is 1.00 bits per heavy atom. The summed E-state index contributed by atoms with van der Waals surface area (Å²) in [6.45, 7) is 0.0992. The summed E-state index contributed by atoms with van der Waals surface area (Å²) in [5.74, 6) is 3.17. The van der Waals surface area contributed by atoms with Crippen LogP contribution in [0.2, 0.25) is 0 Å². The molecule has 3 N–H and O–H groups in total.